The van der Waals surface area contributed by atoms with Gasteiger partial charge in [-0.3, -0.25) is 20.0 Å². The summed E-state index contributed by atoms with van der Waals surface area (Å²) in [6.07, 6.45) is -0.638. The van der Waals surface area contributed by atoms with E-state index in [4.69, 9.17) is 17.3 Å². The van der Waals surface area contributed by atoms with Crippen LogP contribution in [0.25, 0.3) is 11.0 Å². The second-order valence-electron chi connectivity index (χ2n) is 5.27. The molecule has 0 fully saturated rings. The number of para-hydroxylation sites is 2. The minimum Gasteiger partial charge on any atom is -0.370 e. The highest BCUT2D eigenvalue weighted by atomic mass is 35.5. The Morgan fingerprint density at radius 3 is 2.88 bits per heavy atom. The SMILES string of the molecule is NC1=N[C@@H](c2cc([N+](=O)[O-])ccc2Cl)n2c(nc3ccccc32)N1. The summed E-state index contributed by atoms with van der Waals surface area (Å²) in [5.74, 6) is 0.682. The Morgan fingerprint density at radius 2 is 2.08 bits per heavy atom. The van der Waals surface area contributed by atoms with Gasteiger partial charge in [0.2, 0.25) is 5.95 Å². The second-order valence-corrected chi connectivity index (χ2v) is 5.68. The zero-order valence-corrected chi connectivity index (χ0v) is 12.9. The van der Waals surface area contributed by atoms with Gasteiger partial charge in [0.15, 0.2) is 12.1 Å². The van der Waals surface area contributed by atoms with Crippen molar-refractivity contribution in [2.75, 3.05) is 5.32 Å². The zero-order valence-electron chi connectivity index (χ0n) is 12.2. The monoisotopic (exact) mass is 342 g/mol. The number of guanidine groups is 1. The summed E-state index contributed by atoms with van der Waals surface area (Å²) in [7, 11) is 0. The Balaban J connectivity index is 1.97. The third-order valence-electron chi connectivity index (χ3n) is 3.81. The molecule has 0 spiro atoms. The van der Waals surface area contributed by atoms with Crippen molar-refractivity contribution in [2.45, 2.75) is 6.17 Å². The quantitative estimate of drug-likeness (QED) is 0.549. The number of hydrogen-bond acceptors (Lipinski definition) is 6. The third-order valence-corrected chi connectivity index (χ3v) is 4.15. The number of aromatic nitrogens is 2. The molecule has 8 nitrogen and oxygen atoms in total. The minimum atomic E-state index is -0.638. The molecule has 1 aromatic heterocycles. The summed E-state index contributed by atoms with van der Waals surface area (Å²) in [5.41, 5.74) is 7.86. The predicted molar refractivity (Wildman–Crippen MR) is 91.2 cm³/mol. The molecule has 0 radical (unpaired) electrons. The van der Waals surface area contributed by atoms with Crippen LogP contribution in [0, 0.1) is 10.1 Å². The molecule has 1 aliphatic rings. The second kappa shape index (κ2) is 5.20. The van der Waals surface area contributed by atoms with E-state index in [-0.39, 0.29) is 11.6 Å². The molecule has 120 valence electrons. The Kier molecular flexibility index (Phi) is 3.14. The van der Waals surface area contributed by atoms with E-state index in [2.05, 4.69) is 15.3 Å². The van der Waals surface area contributed by atoms with Crippen LogP contribution in [0.15, 0.2) is 47.5 Å². The highest BCUT2D eigenvalue weighted by molar-refractivity contribution is 6.31. The molecule has 3 aromatic rings. The lowest BCUT2D eigenvalue weighted by Crippen LogP contribution is -2.31. The molecule has 0 unspecified atom stereocenters. The first-order valence-corrected chi connectivity index (χ1v) is 7.43. The number of imidazole rings is 1. The van der Waals surface area contributed by atoms with Gasteiger partial charge in [0.05, 0.1) is 16.0 Å². The van der Waals surface area contributed by atoms with Gasteiger partial charge in [-0.15, -0.1) is 0 Å². The molecule has 0 saturated heterocycles. The largest absolute Gasteiger partial charge is 0.370 e. The highest BCUT2D eigenvalue weighted by Crippen LogP contribution is 2.36. The molecule has 0 aliphatic carbocycles. The number of rotatable bonds is 2. The van der Waals surface area contributed by atoms with Gasteiger partial charge in [0.1, 0.15) is 0 Å². The molecule has 0 bridgehead atoms. The number of aliphatic imine (C=N–C) groups is 1. The standard InChI is InChI=1S/C15H11ClN6O2/c16-10-6-5-8(22(23)24)7-9(10)13-19-14(17)20-15-18-11-3-1-2-4-12(11)21(13)15/h1-7,13H,(H3,17,18,19,20)/t13-/m1/s1. The normalized spacial score (nSPS) is 16.4. The summed E-state index contributed by atoms with van der Waals surface area (Å²) in [6, 6.07) is 11.8. The molecule has 1 atom stereocenters. The van der Waals surface area contributed by atoms with E-state index < -0.39 is 11.1 Å². The Morgan fingerprint density at radius 1 is 1.29 bits per heavy atom. The van der Waals surface area contributed by atoms with Gasteiger partial charge >= 0.3 is 0 Å². The van der Waals surface area contributed by atoms with Crippen LogP contribution in [0.5, 0.6) is 0 Å². The van der Waals surface area contributed by atoms with Crippen molar-refractivity contribution in [3.05, 3.63) is 63.2 Å². The van der Waals surface area contributed by atoms with E-state index >= 15 is 0 Å². The van der Waals surface area contributed by atoms with Crippen LogP contribution in [0.1, 0.15) is 11.7 Å². The van der Waals surface area contributed by atoms with Gasteiger partial charge in [0.25, 0.3) is 5.69 Å². The van der Waals surface area contributed by atoms with E-state index in [1.807, 2.05) is 28.8 Å². The van der Waals surface area contributed by atoms with Crippen LogP contribution in [-0.4, -0.2) is 20.4 Å². The van der Waals surface area contributed by atoms with Gasteiger partial charge < -0.3 is 5.73 Å². The lowest BCUT2D eigenvalue weighted by molar-refractivity contribution is -0.384. The summed E-state index contributed by atoms with van der Waals surface area (Å²) in [4.78, 5) is 19.5. The van der Waals surface area contributed by atoms with Crippen LogP contribution in [0.3, 0.4) is 0 Å². The highest BCUT2D eigenvalue weighted by Gasteiger charge is 2.27. The lowest BCUT2D eigenvalue weighted by Gasteiger charge is -2.24. The van der Waals surface area contributed by atoms with Crippen molar-refractivity contribution in [1.29, 1.82) is 0 Å². The number of hydrogen-bond donors (Lipinski definition) is 2. The number of non-ortho nitro benzene ring substituents is 1. The number of nitrogens with one attached hydrogen (secondary N) is 1. The number of halogens is 1. The average molecular weight is 343 g/mol. The van der Waals surface area contributed by atoms with Crippen LogP contribution >= 0.6 is 11.6 Å². The van der Waals surface area contributed by atoms with Crippen molar-refractivity contribution in [3.8, 4) is 0 Å². The molecule has 2 aromatic carbocycles. The van der Waals surface area contributed by atoms with Gasteiger partial charge in [-0.1, -0.05) is 23.7 Å². The molecule has 4 rings (SSSR count). The molecular weight excluding hydrogens is 332 g/mol. The molecule has 1 aliphatic heterocycles. The van der Waals surface area contributed by atoms with Gasteiger partial charge in [0, 0.05) is 22.7 Å². The Bertz CT molecular complexity index is 1010. The fourth-order valence-corrected chi connectivity index (χ4v) is 2.98. The van der Waals surface area contributed by atoms with Gasteiger partial charge in [-0.25, -0.2) is 9.98 Å². The lowest BCUT2D eigenvalue weighted by atomic mass is 10.1. The van der Waals surface area contributed by atoms with Crippen molar-refractivity contribution >= 4 is 40.2 Å². The van der Waals surface area contributed by atoms with E-state index in [0.29, 0.717) is 16.5 Å². The summed E-state index contributed by atoms with van der Waals surface area (Å²) in [6.45, 7) is 0. The van der Waals surface area contributed by atoms with Gasteiger partial charge in [-0.05, 0) is 18.2 Å². The fourth-order valence-electron chi connectivity index (χ4n) is 2.77. The van der Waals surface area contributed by atoms with Crippen LogP contribution in [-0.2, 0) is 0 Å². The zero-order chi connectivity index (χ0) is 16.8. The van der Waals surface area contributed by atoms with E-state index in [9.17, 15) is 10.1 Å². The van der Waals surface area contributed by atoms with Crippen LogP contribution in [0.4, 0.5) is 11.6 Å². The van der Waals surface area contributed by atoms with Crippen molar-refractivity contribution in [3.63, 3.8) is 0 Å². The van der Waals surface area contributed by atoms with Crippen LogP contribution in [0.2, 0.25) is 5.02 Å². The molecule has 0 saturated carbocycles. The topological polar surface area (TPSA) is 111 Å². The molecular formula is C15H11ClN6O2. The first-order chi connectivity index (χ1) is 11.5. The van der Waals surface area contributed by atoms with E-state index in [1.165, 1.54) is 18.2 Å². The minimum absolute atomic E-state index is 0.0623. The number of anilines is 1. The van der Waals surface area contributed by atoms with Crippen molar-refractivity contribution in [1.82, 2.24) is 9.55 Å². The fraction of sp³-hybridized carbons (Fsp3) is 0.0667. The van der Waals surface area contributed by atoms with Crippen molar-refractivity contribution < 1.29 is 4.92 Å². The first-order valence-electron chi connectivity index (χ1n) is 7.05. The third kappa shape index (κ3) is 2.16. The summed E-state index contributed by atoms with van der Waals surface area (Å²) in [5, 5.41) is 14.4. The first kappa shape index (κ1) is 14.5. The average Bonchev–Trinajstić information content (AvgIpc) is 2.92. The molecule has 3 N–H and O–H groups in total. The molecule has 9 heteroatoms. The molecule has 2 heterocycles. The predicted octanol–water partition coefficient (Wildman–Crippen LogP) is 2.89. The maximum atomic E-state index is 11.1. The van der Waals surface area contributed by atoms with Crippen LogP contribution < -0.4 is 11.1 Å². The maximum absolute atomic E-state index is 11.1. The smallest absolute Gasteiger partial charge is 0.269 e. The van der Waals surface area contributed by atoms with E-state index in [1.54, 1.807) is 0 Å². The number of benzene rings is 2. The number of nitro benzene ring substituents is 1. The molecule has 24 heavy (non-hydrogen) atoms. The van der Waals surface area contributed by atoms with E-state index in [0.717, 1.165) is 11.0 Å². The Labute approximate surface area is 140 Å². The van der Waals surface area contributed by atoms with Crippen molar-refractivity contribution in [2.24, 2.45) is 10.7 Å². The molecule has 0 amide bonds. The maximum Gasteiger partial charge on any atom is 0.269 e. The summed E-state index contributed by atoms with van der Waals surface area (Å²) < 4.78 is 1.82. The number of nitrogens with zero attached hydrogens (tertiary/aromatic N) is 4. The number of nitro groups is 1. The number of nitrogens with two attached hydrogens (primary N) is 1. The Hall–Kier alpha value is -3.13. The number of fused-ring (bicyclic) bond motifs is 3. The van der Waals surface area contributed by atoms with Gasteiger partial charge in [-0.2, -0.15) is 0 Å². The summed E-state index contributed by atoms with van der Waals surface area (Å²) >= 11 is 6.28.